The molecule has 4 rings (SSSR count). The fourth-order valence-corrected chi connectivity index (χ4v) is 4.29. The van der Waals surface area contributed by atoms with Crippen molar-refractivity contribution < 1.29 is 19.1 Å². The molecule has 35 heavy (non-hydrogen) atoms. The minimum Gasteiger partial charge on any atom is -0.463 e. The van der Waals surface area contributed by atoms with Crippen LogP contribution in [-0.2, 0) is 9.53 Å². The molecule has 0 fully saturated rings. The number of hydrogen-bond acceptors (Lipinski definition) is 4. The van der Waals surface area contributed by atoms with Crippen LogP contribution >= 0.6 is 0 Å². The molecule has 0 spiro atoms. The van der Waals surface area contributed by atoms with Crippen LogP contribution in [-0.4, -0.2) is 36.0 Å². The van der Waals surface area contributed by atoms with E-state index < -0.39 is 12.0 Å². The van der Waals surface area contributed by atoms with E-state index in [0.29, 0.717) is 29.1 Å². The van der Waals surface area contributed by atoms with Crippen LogP contribution in [0.2, 0.25) is 0 Å². The molecule has 0 aromatic heterocycles. The summed E-state index contributed by atoms with van der Waals surface area (Å²) in [6.07, 6.45) is 0.761. The molecule has 0 saturated heterocycles. The van der Waals surface area contributed by atoms with Crippen molar-refractivity contribution in [2.45, 2.75) is 33.2 Å². The third-order valence-corrected chi connectivity index (χ3v) is 6.05. The van der Waals surface area contributed by atoms with Crippen molar-refractivity contribution in [2.24, 2.45) is 0 Å². The van der Waals surface area contributed by atoms with E-state index in [2.05, 4.69) is 10.6 Å². The van der Waals surface area contributed by atoms with Gasteiger partial charge in [0, 0.05) is 23.5 Å². The van der Waals surface area contributed by atoms with Crippen molar-refractivity contribution in [1.29, 1.82) is 0 Å². The number of ether oxygens (including phenoxy) is 1. The van der Waals surface area contributed by atoms with Crippen molar-refractivity contribution in [2.75, 3.05) is 18.5 Å². The number of amides is 3. The zero-order valence-corrected chi connectivity index (χ0v) is 20.1. The maximum Gasteiger partial charge on any atom is 0.338 e. The summed E-state index contributed by atoms with van der Waals surface area (Å²) in [4.78, 5) is 39.9. The van der Waals surface area contributed by atoms with Gasteiger partial charge in [-0.2, -0.15) is 0 Å². The van der Waals surface area contributed by atoms with Crippen LogP contribution in [0.3, 0.4) is 0 Å². The summed E-state index contributed by atoms with van der Waals surface area (Å²) in [5.74, 6) is -0.669. The molecule has 0 radical (unpaired) electrons. The summed E-state index contributed by atoms with van der Waals surface area (Å²) in [6.45, 7) is 6.24. The van der Waals surface area contributed by atoms with Gasteiger partial charge in [-0.3, -0.25) is 9.69 Å². The van der Waals surface area contributed by atoms with Gasteiger partial charge >= 0.3 is 12.0 Å². The summed E-state index contributed by atoms with van der Waals surface area (Å²) in [5.41, 5.74) is 2.90. The molecule has 1 aliphatic rings. The topological polar surface area (TPSA) is 87.7 Å². The highest BCUT2D eigenvalue weighted by Gasteiger charge is 2.36. The van der Waals surface area contributed by atoms with E-state index in [-0.39, 0.29) is 18.5 Å². The number of urea groups is 1. The molecule has 3 aromatic rings. The van der Waals surface area contributed by atoms with E-state index in [1.54, 1.807) is 49.1 Å². The van der Waals surface area contributed by atoms with Crippen LogP contribution in [0.25, 0.3) is 10.8 Å². The number of allylic oxidation sites excluding steroid dienone is 1. The number of hydrogen-bond donors (Lipinski definition) is 2. The highest BCUT2D eigenvalue weighted by molar-refractivity contribution is 6.06. The number of fused-ring (bicyclic) bond motifs is 1. The molecule has 7 heteroatoms. The summed E-state index contributed by atoms with van der Waals surface area (Å²) in [6, 6.07) is 19.7. The average Bonchev–Trinajstić information content (AvgIpc) is 2.86. The van der Waals surface area contributed by atoms with E-state index >= 15 is 0 Å². The smallest absolute Gasteiger partial charge is 0.338 e. The summed E-state index contributed by atoms with van der Waals surface area (Å²) < 4.78 is 5.29. The zero-order valence-electron chi connectivity index (χ0n) is 20.1. The summed E-state index contributed by atoms with van der Waals surface area (Å²) in [5, 5.41) is 7.91. The van der Waals surface area contributed by atoms with Gasteiger partial charge in [0.15, 0.2) is 0 Å². The number of rotatable bonds is 7. The first-order chi connectivity index (χ1) is 16.9. The Labute approximate surface area is 204 Å². The fraction of sp³-hybridized carbons (Fsp3) is 0.250. The molecule has 180 valence electrons. The number of carbonyl (C=O) groups excluding carboxylic acids is 3. The molecule has 1 atom stereocenters. The lowest BCUT2D eigenvalue weighted by atomic mass is 9.94. The Morgan fingerprint density at radius 2 is 1.71 bits per heavy atom. The first kappa shape index (κ1) is 24.0. The molecule has 3 aromatic carbocycles. The Bertz CT molecular complexity index is 1300. The minimum atomic E-state index is -0.639. The van der Waals surface area contributed by atoms with E-state index in [0.717, 1.165) is 22.8 Å². The van der Waals surface area contributed by atoms with Crippen LogP contribution in [0.15, 0.2) is 78.0 Å². The Balaban J connectivity index is 1.57. The van der Waals surface area contributed by atoms with Crippen LogP contribution in [0.1, 0.15) is 49.2 Å². The molecule has 0 saturated carbocycles. The highest BCUT2D eigenvalue weighted by Crippen LogP contribution is 2.32. The van der Waals surface area contributed by atoms with E-state index in [9.17, 15) is 14.4 Å². The van der Waals surface area contributed by atoms with Gasteiger partial charge in [-0.25, -0.2) is 9.59 Å². The molecular formula is C28H29N3O4. The maximum absolute atomic E-state index is 12.8. The standard InChI is InChI=1S/C28H29N3O4/c1-4-16-31-18(3)24(27(33)35-5-2)25(30-28(31)34)20-12-14-23(15-13-20)29-26(32)22-11-10-19-8-6-7-9-21(19)17-22/h6-15,17,25H,4-5,16H2,1-3H3,(H,29,32)(H,30,34). The predicted octanol–water partition coefficient (Wildman–Crippen LogP) is 5.41. The molecule has 7 nitrogen and oxygen atoms in total. The minimum absolute atomic E-state index is 0.215. The summed E-state index contributed by atoms with van der Waals surface area (Å²) >= 11 is 0. The van der Waals surface area contributed by atoms with E-state index in [1.807, 2.05) is 43.3 Å². The second-order valence-electron chi connectivity index (χ2n) is 8.39. The lowest BCUT2D eigenvalue weighted by Crippen LogP contribution is -2.48. The van der Waals surface area contributed by atoms with E-state index in [4.69, 9.17) is 4.74 Å². The number of nitrogens with zero attached hydrogens (tertiary/aromatic N) is 1. The lowest BCUT2D eigenvalue weighted by Gasteiger charge is -2.35. The van der Waals surface area contributed by atoms with Gasteiger partial charge < -0.3 is 15.4 Å². The number of carbonyl (C=O) groups is 3. The van der Waals surface area contributed by atoms with Gasteiger partial charge in [0.1, 0.15) is 0 Å². The molecule has 2 N–H and O–H groups in total. The fourth-order valence-electron chi connectivity index (χ4n) is 4.29. The zero-order chi connectivity index (χ0) is 24.9. The van der Waals surface area contributed by atoms with Gasteiger partial charge in [-0.1, -0.05) is 49.4 Å². The SMILES string of the molecule is CCCN1C(=O)NC(c2ccc(NC(=O)c3ccc4ccccc4c3)cc2)C(C(=O)OCC)=C1C. The van der Waals surface area contributed by atoms with E-state index in [1.165, 1.54) is 0 Å². The number of nitrogens with one attached hydrogen (secondary N) is 2. The highest BCUT2D eigenvalue weighted by atomic mass is 16.5. The van der Waals surface area contributed by atoms with Crippen molar-refractivity contribution in [3.05, 3.63) is 89.1 Å². The van der Waals surface area contributed by atoms with Crippen LogP contribution in [0.4, 0.5) is 10.5 Å². The third-order valence-electron chi connectivity index (χ3n) is 6.05. The van der Waals surface area contributed by atoms with Crippen molar-refractivity contribution >= 4 is 34.4 Å². The van der Waals surface area contributed by atoms with Gasteiger partial charge in [-0.05, 0) is 60.9 Å². The Hall–Kier alpha value is -4.13. The van der Waals surface area contributed by atoms with Gasteiger partial charge in [0.2, 0.25) is 0 Å². The molecule has 0 aliphatic carbocycles. The molecule has 1 heterocycles. The van der Waals surface area contributed by atoms with Gasteiger partial charge in [0.05, 0.1) is 18.2 Å². The summed E-state index contributed by atoms with van der Waals surface area (Å²) in [7, 11) is 0. The molecular weight excluding hydrogens is 442 g/mol. The molecule has 1 aliphatic heterocycles. The third kappa shape index (κ3) is 5.04. The first-order valence-corrected chi connectivity index (χ1v) is 11.8. The second kappa shape index (κ2) is 10.4. The van der Waals surface area contributed by atoms with Crippen molar-refractivity contribution in [3.63, 3.8) is 0 Å². The molecule has 3 amide bonds. The Morgan fingerprint density at radius 1 is 1.00 bits per heavy atom. The Kier molecular flexibility index (Phi) is 7.15. The van der Waals surface area contributed by atoms with Crippen molar-refractivity contribution in [3.8, 4) is 0 Å². The number of esters is 1. The normalized spacial score (nSPS) is 15.7. The van der Waals surface area contributed by atoms with Crippen LogP contribution in [0, 0.1) is 0 Å². The molecule has 0 bridgehead atoms. The quantitative estimate of drug-likeness (QED) is 0.451. The van der Waals surface area contributed by atoms with Gasteiger partial charge in [0.25, 0.3) is 5.91 Å². The second-order valence-corrected chi connectivity index (χ2v) is 8.39. The maximum atomic E-state index is 12.8. The number of anilines is 1. The first-order valence-electron chi connectivity index (χ1n) is 11.8. The van der Waals surface area contributed by atoms with Crippen molar-refractivity contribution in [1.82, 2.24) is 10.2 Å². The monoisotopic (exact) mass is 471 g/mol. The van der Waals surface area contributed by atoms with Crippen LogP contribution < -0.4 is 10.6 Å². The Morgan fingerprint density at radius 3 is 2.40 bits per heavy atom. The largest absolute Gasteiger partial charge is 0.463 e. The van der Waals surface area contributed by atoms with Crippen LogP contribution in [0.5, 0.6) is 0 Å². The lowest BCUT2D eigenvalue weighted by molar-refractivity contribution is -0.139. The predicted molar refractivity (Wildman–Crippen MR) is 136 cm³/mol. The van der Waals surface area contributed by atoms with Gasteiger partial charge in [-0.15, -0.1) is 0 Å². The average molecular weight is 472 g/mol. The molecule has 1 unspecified atom stereocenters. The number of benzene rings is 3.